The molecule has 1 aromatic rings. The lowest BCUT2D eigenvalue weighted by atomic mass is 9.97. The van der Waals surface area contributed by atoms with Gasteiger partial charge in [-0.25, -0.2) is 9.59 Å². The average molecular weight is 421 g/mol. The lowest BCUT2D eigenvalue weighted by Gasteiger charge is -2.28. The number of benzene rings is 1. The normalized spacial score (nSPS) is 14.4. The summed E-state index contributed by atoms with van der Waals surface area (Å²) < 4.78 is 10.7. The Labute approximate surface area is 179 Å². The summed E-state index contributed by atoms with van der Waals surface area (Å²) in [5.74, 6) is -1.28. The second-order valence-corrected chi connectivity index (χ2v) is 8.83. The van der Waals surface area contributed by atoms with Gasteiger partial charge in [-0.15, -0.1) is 0 Å². The Morgan fingerprint density at radius 1 is 0.967 bits per heavy atom. The number of carbonyl (C=O) groups is 3. The highest BCUT2D eigenvalue weighted by molar-refractivity contribution is 5.90. The van der Waals surface area contributed by atoms with Gasteiger partial charge in [0, 0.05) is 0 Å². The first-order valence-electron chi connectivity index (χ1n) is 10.4. The van der Waals surface area contributed by atoms with Crippen LogP contribution in [-0.2, 0) is 25.7 Å². The lowest BCUT2D eigenvalue weighted by Crippen LogP contribution is -2.56. The Kier molecular flexibility index (Phi) is 9.82. The highest BCUT2D eigenvalue weighted by Crippen LogP contribution is 2.13. The summed E-state index contributed by atoms with van der Waals surface area (Å²) >= 11 is 0. The van der Waals surface area contributed by atoms with Crippen molar-refractivity contribution in [1.82, 2.24) is 10.6 Å². The van der Waals surface area contributed by atoms with Crippen molar-refractivity contribution in [3.05, 3.63) is 35.9 Å². The van der Waals surface area contributed by atoms with Crippen LogP contribution in [0.1, 0.15) is 60.5 Å². The molecule has 1 rings (SSSR count). The Bertz CT molecular complexity index is 697. The molecule has 0 fully saturated rings. The van der Waals surface area contributed by atoms with Crippen LogP contribution in [-0.4, -0.2) is 35.7 Å². The van der Waals surface area contributed by atoms with Crippen LogP contribution in [0.4, 0.5) is 4.79 Å². The largest absolute Gasteiger partial charge is 0.459 e. The second-order valence-electron chi connectivity index (χ2n) is 8.83. The van der Waals surface area contributed by atoms with E-state index in [9.17, 15) is 14.4 Å². The SMILES string of the molecule is CC[C@H](C)[C@H](NC(=O)[C@@H](NC(=O)OC(C)(C)C)C(C)C)C(=O)OCc1ccccc1. The molecule has 2 amide bonds. The van der Waals surface area contributed by atoms with E-state index >= 15 is 0 Å². The molecule has 1 aromatic carbocycles. The van der Waals surface area contributed by atoms with E-state index in [0.717, 1.165) is 5.56 Å². The number of rotatable bonds is 9. The van der Waals surface area contributed by atoms with E-state index in [1.807, 2.05) is 58.0 Å². The first-order valence-corrected chi connectivity index (χ1v) is 10.4. The molecular formula is C23H36N2O5. The van der Waals surface area contributed by atoms with Gasteiger partial charge in [0.05, 0.1) is 0 Å². The molecule has 0 aliphatic heterocycles. The van der Waals surface area contributed by atoms with Crippen LogP contribution >= 0.6 is 0 Å². The number of esters is 1. The highest BCUT2D eigenvalue weighted by Gasteiger charge is 2.33. The van der Waals surface area contributed by atoms with Gasteiger partial charge >= 0.3 is 12.1 Å². The Balaban J connectivity index is 2.83. The van der Waals surface area contributed by atoms with Crippen LogP contribution in [0.25, 0.3) is 0 Å². The van der Waals surface area contributed by atoms with Gasteiger partial charge in [0.2, 0.25) is 5.91 Å². The number of hydrogen-bond donors (Lipinski definition) is 2. The van der Waals surface area contributed by atoms with Gasteiger partial charge in [-0.05, 0) is 38.2 Å². The van der Waals surface area contributed by atoms with Crippen molar-refractivity contribution in [3.8, 4) is 0 Å². The molecule has 30 heavy (non-hydrogen) atoms. The molecule has 0 bridgehead atoms. The molecule has 7 nitrogen and oxygen atoms in total. The van der Waals surface area contributed by atoms with Gasteiger partial charge in [0.1, 0.15) is 24.3 Å². The molecule has 0 aliphatic carbocycles. The molecule has 0 spiro atoms. The van der Waals surface area contributed by atoms with E-state index in [1.165, 1.54) is 0 Å². The minimum atomic E-state index is -0.840. The van der Waals surface area contributed by atoms with Gasteiger partial charge in [0.15, 0.2) is 0 Å². The van der Waals surface area contributed by atoms with E-state index < -0.39 is 35.7 Å². The summed E-state index contributed by atoms with van der Waals surface area (Å²) in [6.07, 6.45) is 0.000110. The molecule has 0 aromatic heterocycles. The standard InChI is InChI=1S/C23H36N2O5/c1-8-16(4)19(21(27)29-14-17-12-10-9-11-13-17)24-20(26)18(15(2)3)25-22(28)30-23(5,6)7/h9-13,15-16,18-19H,8,14H2,1-7H3,(H,24,26)(H,25,28)/t16-,18-,19-/m0/s1. The quantitative estimate of drug-likeness (QED) is 0.593. The summed E-state index contributed by atoms with van der Waals surface area (Å²) in [6.45, 7) is 12.8. The van der Waals surface area contributed by atoms with Gasteiger partial charge in [-0.1, -0.05) is 64.4 Å². The maximum absolute atomic E-state index is 12.9. The van der Waals surface area contributed by atoms with Crippen molar-refractivity contribution in [2.24, 2.45) is 11.8 Å². The zero-order valence-electron chi connectivity index (χ0n) is 19.2. The number of alkyl carbamates (subject to hydrolysis) is 1. The minimum absolute atomic E-state index is 0.131. The third-order valence-electron chi connectivity index (χ3n) is 4.61. The summed E-state index contributed by atoms with van der Waals surface area (Å²) in [5, 5.41) is 5.38. The Morgan fingerprint density at radius 3 is 2.07 bits per heavy atom. The van der Waals surface area contributed by atoms with Gasteiger partial charge in [0.25, 0.3) is 0 Å². The van der Waals surface area contributed by atoms with Crippen molar-refractivity contribution < 1.29 is 23.9 Å². The molecule has 0 aliphatic rings. The van der Waals surface area contributed by atoms with E-state index in [-0.39, 0.29) is 18.4 Å². The number of ether oxygens (including phenoxy) is 2. The fourth-order valence-corrected chi connectivity index (χ4v) is 2.70. The van der Waals surface area contributed by atoms with Crippen LogP contribution in [0.3, 0.4) is 0 Å². The summed E-state index contributed by atoms with van der Waals surface area (Å²) in [5.41, 5.74) is 0.189. The molecule has 0 saturated carbocycles. The Morgan fingerprint density at radius 2 is 1.57 bits per heavy atom. The van der Waals surface area contributed by atoms with Crippen molar-refractivity contribution in [2.75, 3.05) is 0 Å². The first-order chi connectivity index (χ1) is 13.9. The Hall–Kier alpha value is -2.57. The number of nitrogens with one attached hydrogen (secondary N) is 2. The monoisotopic (exact) mass is 420 g/mol. The minimum Gasteiger partial charge on any atom is -0.459 e. The second kappa shape index (κ2) is 11.6. The van der Waals surface area contributed by atoms with Crippen molar-refractivity contribution >= 4 is 18.0 Å². The molecule has 0 unspecified atom stereocenters. The summed E-state index contributed by atoms with van der Waals surface area (Å²) in [6, 6.07) is 7.70. The molecular weight excluding hydrogens is 384 g/mol. The zero-order valence-corrected chi connectivity index (χ0v) is 19.2. The first kappa shape index (κ1) is 25.5. The smallest absolute Gasteiger partial charge is 0.408 e. The molecule has 7 heteroatoms. The molecule has 168 valence electrons. The van der Waals surface area contributed by atoms with Gasteiger partial charge in [-0.3, -0.25) is 4.79 Å². The molecule has 2 N–H and O–H groups in total. The van der Waals surface area contributed by atoms with Crippen LogP contribution in [0.5, 0.6) is 0 Å². The molecule has 0 heterocycles. The summed E-state index contributed by atoms with van der Waals surface area (Å²) in [7, 11) is 0. The van der Waals surface area contributed by atoms with E-state index in [2.05, 4.69) is 10.6 Å². The van der Waals surface area contributed by atoms with Crippen LogP contribution in [0.15, 0.2) is 30.3 Å². The summed E-state index contributed by atoms with van der Waals surface area (Å²) in [4.78, 5) is 37.8. The van der Waals surface area contributed by atoms with Crippen molar-refractivity contribution in [2.45, 2.75) is 79.2 Å². The maximum Gasteiger partial charge on any atom is 0.408 e. The predicted molar refractivity (Wildman–Crippen MR) is 116 cm³/mol. The fraction of sp³-hybridized carbons (Fsp3) is 0.609. The number of carbonyl (C=O) groups excluding carboxylic acids is 3. The molecule has 0 saturated heterocycles. The molecule has 3 atom stereocenters. The zero-order chi connectivity index (χ0) is 22.9. The predicted octanol–water partition coefficient (Wildman–Crippen LogP) is 3.81. The van der Waals surface area contributed by atoms with Gasteiger partial charge < -0.3 is 20.1 Å². The van der Waals surface area contributed by atoms with E-state index in [1.54, 1.807) is 20.8 Å². The average Bonchev–Trinajstić information content (AvgIpc) is 2.66. The highest BCUT2D eigenvalue weighted by atomic mass is 16.6. The number of amides is 2. The fourth-order valence-electron chi connectivity index (χ4n) is 2.70. The van der Waals surface area contributed by atoms with Gasteiger partial charge in [-0.2, -0.15) is 0 Å². The van der Waals surface area contributed by atoms with Crippen LogP contribution in [0, 0.1) is 11.8 Å². The van der Waals surface area contributed by atoms with Crippen molar-refractivity contribution in [3.63, 3.8) is 0 Å². The van der Waals surface area contributed by atoms with Crippen molar-refractivity contribution in [1.29, 1.82) is 0 Å². The third kappa shape index (κ3) is 8.84. The van der Waals surface area contributed by atoms with Crippen LogP contribution < -0.4 is 10.6 Å². The topological polar surface area (TPSA) is 93.7 Å². The van der Waals surface area contributed by atoms with Crippen LogP contribution in [0.2, 0.25) is 0 Å². The van der Waals surface area contributed by atoms with E-state index in [0.29, 0.717) is 6.42 Å². The number of hydrogen-bond acceptors (Lipinski definition) is 5. The molecule has 0 radical (unpaired) electrons. The third-order valence-corrected chi connectivity index (χ3v) is 4.61. The van der Waals surface area contributed by atoms with E-state index in [4.69, 9.17) is 9.47 Å². The maximum atomic E-state index is 12.9. The lowest BCUT2D eigenvalue weighted by molar-refractivity contribution is -0.151.